The van der Waals surface area contributed by atoms with Crippen molar-refractivity contribution in [1.82, 2.24) is 0 Å². The van der Waals surface area contributed by atoms with Gasteiger partial charge in [-0.1, -0.05) is 12.1 Å². The van der Waals surface area contributed by atoms with E-state index in [1.54, 1.807) is 24.3 Å². The largest absolute Gasteiger partial charge is 0.465 e. The smallest absolute Gasteiger partial charge is 0.337 e. The average Bonchev–Trinajstić information content (AvgIpc) is 2.51. The van der Waals surface area contributed by atoms with E-state index in [4.69, 9.17) is 0 Å². The highest BCUT2D eigenvalue weighted by atomic mass is 127. The maximum absolute atomic E-state index is 12.4. The van der Waals surface area contributed by atoms with Crippen LogP contribution in [0.25, 0.3) is 0 Å². The maximum Gasteiger partial charge on any atom is 0.337 e. The van der Waals surface area contributed by atoms with Crippen LogP contribution in [0.4, 0.5) is 5.69 Å². The molecule has 22 heavy (non-hydrogen) atoms. The van der Waals surface area contributed by atoms with E-state index in [0.29, 0.717) is 16.8 Å². The van der Waals surface area contributed by atoms with Gasteiger partial charge in [-0.15, -0.1) is 0 Å². The van der Waals surface area contributed by atoms with Gasteiger partial charge in [0.2, 0.25) is 0 Å². The number of benzene rings is 2. The zero-order valence-electron chi connectivity index (χ0n) is 12.6. The lowest BCUT2D eigenvalue weighted by atomic mass is 10.1. The zero-order chi connectivity index (χ0) is 16.3. The number of halogens is 1. The summed E-state index contributed by atoms with van der Waals surface area (Å²) in [7, 11) is 1.34. The second-order valence-electron chi connectivity index (χ2n) is 4.91. The monoisotopic (exact) mass is 409 g/mol. The molecule has 0 spiro atoms. The first-order chi connectivity index (χ1) is 10.4. The summed E-state index contributed by atoms with van der Waals surface area (Å²) in [6.07, 6.45) is 0. The molecule has 1 amide bonds. The summed E-state index contributed by atoms with van der Waals surface area (Å²) in [5.41, 5.74) is 3.64. The number of hydrogen-bond donors (Lipinski definition) is 1. The fourth-order valence-corrected chi connectivity index (χ4v) is 2.67. The van der Waals surface area contributed by atoms with Gasteiger partial charge in [0.1, 0.15) is 0 Å². The number of ether oxygens (including phenoxy) is 1. The van der Waals surface area contributed by atoms with Crippen LogP contribution in [0.2, 0.25) is 0 Å². The van der Waals surface area contributed by atoms with E-state index in [9.17, 15) is 9.59 Å². The topological polar surface area (TPSA) is 55.4 Å². The number of carbonyl (C=O) groups excluding carboxylic acids is 2. The molecule has 0 saturated heterocycles. The Morgan fingerprint density at radius 1 is 1.09 bits per heavy atom. The Morgan fingerprint density at radius 3 is 2.45 bits per heavy atom. The van der Waals surface area contributed by atoms with Crippen LogP contribution in [0.15, 0.2) is 36.4 Å². The molecule has 5 heteroatoms. The van der Waals surface area contributed by atoms with Crippen LogP contribution in [-0.2, 0) is 4.74 Å². The standard InChI is InChI=1S/C17H16INO3/c1-10-5-4-6-13(15(10)18)16(20)19-14-8-7-12(9-11(14)2)17(21)22-3/h4-9H,1-3H3,(H,19,20). The first-order valence-corrected chi connectivity index (χ1v) is 7.77. The number of nitrogens with one attached hydrogen (secondary N) is 1. The molecule has 114 valence electrons. The summed E-state index contributed by atoms with van der Waals surface area (Å²) in [6, 6.07) is 10.7. The second-order valence-corrected chi connectivity index (χ2v) is 5.99. The van der Waals surface area contributed by atoms with Crippen molar-refractivity contribution < 1.29 is 14.3 Å². The number of aryl methyl sites for hydroxylation is 2. The molecule has 0 saturated carbocycles. The van der Waals surface area contributed by atoms with Crippen molar-refractivity contribution in [2.24, 2.45) is 0 Å². The molecular weight excluding hydrogens is 393 g/mol. The van der Waals surface area contributed by atoms with Gasteiger partial charge < -0.3 is 10.1 Å². The molecule has 0 aliphatic carbocycles. The summed E-state index contributed by atoms with van der Waals surface area (Å²) in [6.45, 7) is 3.80. The minimum atomic E-state index is -0.394. The summed E-state index contributed by atoms with van der Waals surface area (Å²) in [5.74, 6) is -0.559. The molecule has 0 aliphatic heterocycles. The number of carbonyl (C=O) groups is 2. The van der Waals surface area contributed by atoms with Crippen LogP contribution in [0.5, 0.6) is 0 Å². The molecule has 0 aliphatic rings. The van der Waals surface area contributed by atoms with E-state index >= 15 is 0 Å². The Bertz CT molecular complexity index is 741. The van der Waals surface area contributed by atoms with Gasteiger partial charge in [0.15, 0.2) is 0 Å². The normalized spacial score (nSPS) is 10.2. The Kier molecular flexibility index (Phi) is 5.18. The first-order valence-electron chi connectivity index (χ1n) is 6.69. The molecule has 0 bridgehead atoms. The predicted molar refractivity (Wildman–Crippen MR) is 94.4 cm³/mol. The van der Waals surface area contributed by atoms with Crippen molar-refractivity contribution in [2.75, 3.05) is 12.4 Å². The van der Waals surface area contributed by atoms with E-state index in [0.717, 1.165) is 14.7 Å². The molecule has 4 nitrogen and oxygen atoms in total. The van der Waals surface area contributed by atoms with Gasteiger partial charge in [-0.3, -0.25) is 4.79 Å². The van der Waals surface area contributed by atoms with Gasteiger partial charge in [-0.05, 0) is 71.8 Å². The first kappa shape index (κ1) is 16.5. The van der Waals surface area contributed by atoms with Gasteiger partial charge in [-0.25, -0.2) is 4.79 Å². The third-order valence-electron chi connectivity index (χ3n) is 3.33. The molecule has 0 unspecified atom stereocenters. The van der Waals surface area contributed by atoms with Gasteiger partial charge in [0.05, 0.1) is 18.2 Å². The Hall–Kier alpha value is -1.89. The van der Waals surface area contributed by atoms with Crippen LogP contribution in [-0.4, -0.2) is 19.0 Å². The summed E-state index contributed by atoms with van der Waals surface area (Å²) >= 11 is 2.17. The fourth-order valence-electron chi connectivity index (χ4n) is 2.06. The minimum Gasteiger partial charge on any atom is -0.465 e. The van der Waals surface area contributed by atoms with E-state index in [1.165, 1.54) is 7.11 Å². The van der Waals surface area contributed by atoms with Gasteiger partial charge in [0, 0.05) is 9.26 Å². The number of esters is 1. The third-order valence-corrected chi connectivity index (χ3v) is 4.76. The molecule has 2 aromatic rings. The molecule has 0 atom stereocenters. The van der Waals surface area contributed by atoms with Crippen LogP contribution in [0.3, 0.4) is 0 Å². The number of hydrogen-bond acceptors (Lipinski definition) is 3. The van der Waals surface area contributed by atoms with E-state index in [2.05, 4.69) is 32.6 Å². The van der Waals surface area contributed by atoms with Crippen LogP contribution in [0, 0.1) is 17.4 Å². The molecule has 0 fully saturated rings. The van der Waals surface area contributed by atoms with Crippen LogP contribution in [0.1, 0.15) is 31.8 Å². The number of anilines is 1. The SMILES string of the molecule is COC(=O)c1ccc(NC(=O)c2cccc(C)c2I)c(C)c1. The molecule has 0 radical (unpaired) electrons. The predicted octanol–water partition coefficient (Wildman–Crippen LogP) is 3.95. The van der Waals surface area contributed by atoms with Crippen molar-refractivity contribution in [3.63, 3.8) is 0 Å². The highest BCUT2D eigenvalue weighted by molar-refractivity contribution is 14.1. The molecular formula is C17H16INO3. The van der Waals surface area contributed by atoms with Gasteiger partial charge >= 0.3 is 5.97 Å². The van der Waals surface area contributed by atoms with Crippen molar-refractivity contribution >= 4 is 40.2 Å². The maximum atomic E-state index is 12.4. The van der Waals surface area contributed by atoms with Crippen molar-refractivity contribution in [3.8, 4) is 0 Å². The molecule has 0 aromatic heterocycles. The van der Waals surface area contributed by atoms with Crippen molar-refractivity contribution in [3.05, 3.63) is 62.2 Å². The second kappa shape index (κ2) is 6.91. The Balaban J connectivity index is 2.25. The number of amides is 1. The van der Waals surface area contributed by atoms with E-state index < -0.39 is 5.97 Å². The van der Waals surface area contributed by atoms with Gasteiger partial charge in [0.25, 0.3) is 5.91 Å². The van der Waals surface area contributed by atoms with E-state index in [1.807, 2.05) is 26.0 Å². The Labute approximate surface area is 143 Å². The molecule has 1 N–H and O–H groups in total. The Morgan fingerprint density at radius 2 is 1.82 bits per heavy atom. The highest BCUT2D eigenvalue weighted by Crippen LogP contribution is 2.21. The third kappa shape index (κ3) is 3.47. The van der Waals surface area contributed by atoms with Crippen LogP contribution < -0.4 is 5.32 Å². The summed E-state index contributed by atoms with van der Waals surface area (Å²) in [4.78, 5) is 23.9. The lowest BCUT2D eigenvalue weighted by Gasteiger charge is -2.11. The average molecular weight is 409 g/mol. The molecule has 2 rings (SSSR count). The lowest BCUT2D eigenvalue weighted by molar-refractivity contribution is 0.0600. The van der Waals surface area contributed by atoms with Crippen molar-refractivity contribution in [1.29, 1.82) is 0 Å². The fraction of sp³-hybridized carbons (Fsp3) is 0.176. The van der Waals surface area contributed by atoms with E-state index in [-0.39, 0.29) is 5.91 Å². The minimum absolute atomic E-state index is 0.165. The number of rotatable bonds is 3. The quantitative estimate of drug-likeness (QED) is 0.617. The summed E-state index contributed by atoms with van der Waals surface area (Å²) in [5, 5.41) is 2.88. The highest BCUT2D eigenvalue weighted by Gasteiger charge is 2.13. The number of methoxy groups -OCH3 is 1. The molecule has 0 heterocycles. The zero-order valence-corrected chi connectivity index (χ0v) is 14.7. The molecule has 2 aromatic carbocycles. The lowest BCUT2D eigenvalue weighted by Crippen LogP contribution is -2.15. The van der Waals surface area contributed by atoms with Gasteiger partial charge in [-0.2, -0.15) is 0 Å². The van der Waals surface area contributed by atoms with Crippen molar-refractivity contribution in [2.45, 2.75) is 13.8 Å². The summed E-state index contributed by atoms with van der Waals surface area (Å²) < 4.78 is 5.62. The van der Waals surface area contributed by atoms with Crippen LogP contribution >= 0.6 is 22.6 Å².